The fraction of sp³-hybridized carbons (Fsp3) is 0. The Labute approximate surface area is 81.4 Å². The Kier molecular flexibility index (Phi) is 1.55. The highest BCUT2D eigenvalue weighted by Crippen LogP contribution is 2.21. The van der Waals surface area contributed by atoms with E-state index in [4.69, 9.17) is 4.94 Å². The largest absolute Gasteiger partial charge is 0.296 e. The lowest BCUT2D eigenvalue weighted by molar-refractivity contribution is 0.0885. The molecule has 0 aromatic carbocycles. The lowest BCUT2D eigenvalue weighted by Gasteiger charge is -2.10. The van der Waals surface area contributed by atoms with Crippen LogP contribution in [0.2, 0.25) is 0 Å². The van der Waals surface area contributed by atoms with E-state index in [1.165, 1.54) is 5.06 Å². The van der Waals surface area contributed by atoms with Gasteiger partial charge >= 0.3 is 0 Å². The van der Waals surface area contributed by atoms with Crippen LogP contribution in [0.5, 0.6) is 0 Å². The van der Waals surface area contributed by atoms with Crippen molar-refractivity contribution in [2.45, 2.75) is 0 Å². The Balaban J connectivity index is 1.96. The lowest BCUT2D eigenvalue weighted by atomic mass is 10.4. The monoisotopic (exact) mass is 208 g/mol. The molecule has 0 saturated heterocycles. The van der Waals surface area contributed by atoms with E-state index < -0.39 is 0 Å². The number of H-pyrrole nitrogens is 2. The average molecular weight is 208 g/mol. The molecule has 0 unspecified atom stereocenters. The van der Waals surface area contributed by atoms with Crippen LogP contribution >= 0.6 is 0 Å². The molecular weight excluding hydrogens is 204 g/mol. The maximum Gasteiger partial charge on any atom is 0.296 e. The molecule has 11 heteroatoms. The van der Waals surface area contributed by atoms with Crippen LogP contribution in [0.3, 0.4) is 0 Å². The summed E-state index contributed by atoms with van der Waals surface area (Å²) in [6.45, 7) is 0. The van der Waals surface area contributed by atoms with E-state index in [2.05, 4.69) is 46.7 Å². The number of anilines is 1. The number of aromatic nitrogens is 8. The minimum Gasteiger partial charge on any atom is -0.246 e. The van der Waals surface area contributed by atoms with Crippen molar-refractivity contribution in [2.24, 2.45) is 0 Å². The van der Waals surface area contributed by atoms with Crippen LogP contribution < -0.4 is 10.5 Å². The SMILES string of the molecule is C1=C(c2nn[nH]n2)N(c2nn[nH]n2)ON1. The van der Waals surface area contributed by atoms with Gasteiger partial charge in [0.25, 0.3) is 5.95 Å². The highest BCUT2D eigenvalue weighted by atomic mass is 16.8. The third-order valence-electron chi connectivity index (χ3n) is 1.65. The zero-order chi connectivity index (χ0) is 10.1. The van der Waals surface area contributed by atoms with Gasteiger partial charge in [-0.2, -0.15) is 15.5 Å². The molecular formula is C4H4N10O. The second-order valence-electron chi connectivity index (χ2n) is 2.48. The number of aromatic amines is 2. The van der Waals surface area contributed by atoms with Gasteiger partial charge < -0.3 is 0 Å². The molecule has 0 amide bonds. The van der Waals surface area contributed by atoms with Gasteiger partial charge in [0.1, 0.15) is 5.70 Å². The summed E-state index contributed by atoms with van der Waals surface area (Å²) in [7, 11) is 0. The Morgan fingerprint density at radius 1 is 1.13 bits per heavy atom. The second-order valence-corrected chi connectivity index (χ2v) is 2.48. The van der Waals surface area contributed by atoms with Gasteiger partial charge in [0.05, 0.1) is 6.20 Å². The highest BCUT2D eigenvalue weighted by molar-refractivity contribution is 5.71. The third-order valence-corrected chi connectivity index (χ3v) is 1.65. The molecule has 0 spiro atoms. The third kappa shape index (κ3) is 1.18. The fourth-order valence-electron chi connectivity index (χ4n) is 1.06. The summed E-state index contributed by atoms with van der Waals surface area (Å²) in [5.74, 6) is 0.584. The molecule has 3 rings (SSSR count). The Morgan fingerprint density at radius 2 is 2.00 bits per heavy atom. The highest BCUT2D eigenvalue weighted by Gasteiger charge is 2.26. The van der Waals surface area contributed by atoms with Crippen molar-refractivity contribution in [1.82, 2.24) is 46.7 Å². The molecule has 11 nitrogen and oxygen atoms in total. The number of nitrogens with one attached hydrogen (secondary N) is 3. The van der Waals surface area contributed by atoms with E-state index in [0.717, 1.165) is 0 Å². The zero-order valence-corrected chi connectivity index (χ0v) is 7.12. The van der Waals surface area contributed by atoms with Crippen molar-refractivity contribution < 1.29 is 4.94 Å². The van der Waals surface area contributed by atoms with Crippen molar-refractivity contribution in [3.8, 4) is 0 Å². The maximum atomic E-state index is 5.02. The predicted molar refractivity (Wildman–Crippen MR) is 43.0 cm³/mol. The smallest absolute Gasteiger partial charge is 0.246 e. The predicted octanol–water partition coefficient (Wildman–Crippen LogP) is -2.03. The van der Waals surface area contributed by atoms with E-state index >= 15 is 0 Å². The summed E-state index contributed by atoms with van der Waals surface area (Å²) >= 11 is 0. The van der Waals surface area contributed by atoms with E-state index in [9.17, 15) is 0 Å². The normalized spacial score (nSPS) is 15.2. The first-order valence-electron chi connectivity index (χ1n) is 3.85. The number of tetrazole rings is 2. The van der Waals surface area contributed by atoms with Crippen LogP contribution in [0.15, 0.2) is 6.20 Å². The van der Waals surface area contributed by atoms with Gasteiger partial charge in [0.2, 0.25) is 5.82 Å². The summed E-state index contributed by atoms with van der Waals surface area (Å²) in [6.07, 6.45) is 1.54. The molecule has 0 saturated carbocycles. The summed E-state index contributed by atoms with van der Waals surface area (Å²) in [6, 6.07) is 0. The molecule has 0 aliphatic carbocycles. The van der Waals surface area contributed by atoms with E-state index in [1.54, 1.807) is 6.20 Å². The number of rotatable bonds is 2. The molecule has 2 aromatic rings. The summed E-state index contributed by atoms with van der Waals surface area (Å²) in [4.78, 5) is 5.02. The van der Waals surface area contributed by atoms with Gasteiger partial charge in [-0.25, -0.2) is 5.48 Å². The first-order valence-corrected chi connectivity index (χ1v) is 3.85. The topological polar surface area (TPSA) is 133 Å². The summed E-state index contributed by atoms with van der Waals surface area (Å²) < 4.78 is 0. The van der Waals surface area contributed by atoms with Crippen molar-refractivity contribution >= 4 is 11.6 Å². The number of hydroxylamine groups is 2. The van der Waals surface area contributed by atoms with E-state index in [1.807, 2.05) is 0 Å². The van der Waals surface area contributed by atoms with Crippen LogP contribution in [-0.2, 0) is 4.94 Å². The molecule has 76 valence electrons. The van der Waals surface area contributed by atoms with Crippen molar-refractivity contribution in [2.75, 3.05) is 5.06 Å². The summed E-state index contributed by atoms with van der Waals surface area (Å²) in [5.41, 5.74) is 3.04. The standard InChI is InChI=1S/C4H4N10O/c1-2(3-6-10-11-7-3)14(15-5-1)4-8-12-13-9-4/h1,5H,(H,6,7,10,11)(H,8,9,12,13). The van der Waals surface area contributed by atoms with Gasteiger partial charge in [0.15, 0.2) is 0 Å². The Morgan fingerprint density at radius 3 is 2.73 bits per heavy atom. The number of hydrogen-bond donors (Lipinski definition) is 3. The van der Waals surface area contributed by atoms with Crippen LogP contribution in [0.4, 0.5) is 5.95 Å². The van der Waals surface area contributed by atoms with Gasteiger partial charge in [-0.15, -0.1) is 20.2 Å². The van der Waals surface area contributed by atoms with Gasteiger partial charge in [-0.05, 0) is 10.4 Å². The molecule has 15 heavy (non-hydrogen) atoms. The summed E-state index contributed by atoms with van der Waals surface area (Å²) in [5, 5.41) is 27.8. The number of nitrogens with zero attached hydrogens (tertiary/aromatic N) is 7. The van der Waals surface area contributed by atoms with Crippen molar-refractivity contribution in [3.63, 3.8) is 0 Å². The van der Waals surface area contributed by atoms with Gasteiger partial charge in [-0.3, -0.25) is 0 Å². The number of hydrogen-bond acceptors (Lipinski definition) is 9. The van der Waals surface area contributed by atoms with Crippen LogP contribution in [0.25, 0.3) is 5.70 Å². The van der Waals surface area contributed by atoms with E-state index in [0.29, 0.717) is 11.5 Å². The molecule has 0 atom stereocenters. The second kappa shape index (κ2) is 2.98. The maximum absolute atomic E-state index is 5.02. The molecule has 1 aliphatic rings. The first kappa shape index (κ1) is 7.81. The molecule has 3 N–H and O–H groups in total. The van der Waals surface area contributed by atoms with Crippen molar-refractivity contribution in [3.05, 3.63) is 12.0 Å². The molecule has 0 radical (unpaired) electrons. The minimum absolute atomic E-state index is 0.232. The molecule has 3 heterocycles. The molecule has 1 aliphatic heterocycles. The zero-order valence-electron chi connectivity index (χ0n) is 7.12. The Bertz CT molecular complexity index is 458. The van der Waals surface area contributed by atoms with Crippen LogP contribution in [0, 0.1) is 0 Å². The molecule has 2 aromatic heterocycles. The van der Waals surface area contributed by atoms with Gasteiger partial charge in [0, 0.05) is 0 Å². The quantitative estimate of drug-likeness (QED) is 0.510. The lowest BCUT2D eigenvalue weighted by Crippen LogP contribution is -2.21. The minimum atomic E-state index is 0.232. The fourth-order valence-corrected chi connectivity index (χ4v) is 1.06. The van der Waals surface area contributed by atoms with Crippen LogP contribution in [0.1, 0.15) is 5.82 Å². The first-order chi connectivity index (χ1) is 7.45. The molecule has 0 fully saturated rings. The van der Waals surface area contributed by atoms with E-state index in [-0.39, 0.29) is 5.95 Å². The Hall–Kier alpha value is -2.56. The van der Waals surface area contributed by atoms with Crippen molar-refractivity contribution in [1.29, 1.82) is 0 Å². The van der Waals surface area contributed by atoms with Crippen LogP contribution in [-0.4, -0.2) is 41.2 Å². The molecule has 0 bridgehead atoms. The average Bonchev–Trinajstić information content (AvgIpc) is 3.01. The van der Waals surface area contributed by atoms with Gasteiger partial charge in [-0.1, -0.05) is 5.10 Å².